The lowest BCUT2D eigenvalue weighted by molar-refractivity contribution is -0.162. The third-order valence-corrected chi connectivity index (χ3v) is 10.1. The summed E-state index contributed by atoms with van der Waals surface area (Å²) in [4.78, 5) is 27.9. The molecule has 1 aromatic heterocycles. The van der Waals surface area contributed by atoms with Gasteiger partial charge in [0.05, 0.1) is 11.1 Å². The van der Waals surface area contributed by atoms with Crippen molar-refractivity contribution in [1.29, 1.82) is 0 Å². The number of allylic oxidation sites excluding steroid dienone is 3. The Morgan fingerprint density at radius 3 is 2.29 bits per heavy atom. The number of aryl methyl sites for hydroxylation is 1. The van der Waals surface area contributed by atoms with Gasteiger partial charge in [-0.15, -0.1) is 18.3 Å². The Morgan fingerprint density at radius 1 is 1.26 bits per heavy atom. The van der Waals surface area contributed by atoms with E-state index in [1.165, 1.54) is 9.58 Å². The average molecular weight is 466 g/mol. The molecule has 0 spiro atoms. The molecule has 1 aromatic rings. The maximum absolute atomic E-state index is 13.8. The van der Waals surface area contributed by atoms with Gasteiger partial charge in [-0.1, -0.05) is 44.7 Å². The van der Waals surface area contributed by atoms with E-state index in [-0.39, 0.29) is 24.3 Å². The molecule has 0 saturated carbocycles. The summed E-state index contributed by atoms with van der Waals surface area (Å²) in [6, 6.07) is 0. The molecule has 0 N–H and O–H groups in total. The first kappa shape index (κ1) is 23.4. The van der Waals surface area contributed by atoms with E-state index < -0.39 is 36.5 Å². The van der Waals surface area contributed by atoms with Crippen molar-refractivity contribution in [2.45, 2.75) is 55.6 Å². The van der Waals surface area contributed by atoms with Crippen molar-refractivity contribution in [2.75, 3.05) is 0 Å². The Labute approximate surface area is 186 Å². The van der Waals surface area contributed by atoms with Gasteiger partial charge in [-0.2, -0.15) is 0 Å². The van der Waals surface area contributed by atoms with Crippen LogP contribution in [0.2, 0.25) is 0 Å². The van der Waals surface area contributed by atoms with Crippen molar-refractivity contribution < 1.29 is 18.0 Å². The third kappa shape index (κ3) is 3.38. The Morgan fingerprint density at radius 2 is 1.84 bits per heavy atom. The van der Waals surface area contributed by atoms with Crippen molar-refractivity contribution in [3.63, 3.8) is 0 Å². The minimum absolute atomic E-state index is 0.147. The van der Waals surface area contributed by atoms with E-state index in [0.29, 0.717) is 10.7 Å². The molecule has 2 aliphatic rings. The number of amides is 1. The largest absolute Gasteiger partial charge is 0.292 e. The highest BCUT2D eigenvalue weighted by molar-refractivity contribution is 8.14. The van der Waals surface area contributed by atoms with Gasteiger partial charge in [-0.25, -0.2) is 13.1 Å². The number of thioether (sulfide) groups is 1. The van der Waals surface area contributed by atoms with Crippen molar-refractivity contribution in [3.05, 3.63) is 36.6 Å². The molecule has 1 unspecified atom stereocenters. The van der Waals surface area contributed by atoms with Crippen LogP contribution in [0, 0.1) is 10.8 Å². The molecule has 3 rings (SSSR count). The zero-order chi connectivity index (χ0) is 23.4. The number of carbonyl (C=O) groups is 2. The zero-order valence-electron chi connectivity index (χ0n) is 18.3. The van der Waals surface area contributed by atoms with E-state index in [2.05, 4.69) is 28.7 Å². The summed E-state index contributed by atoms with van der Waals surface area (Å²) in [5.74, 6) is -0.678. The van der Waals surface area contributed by atoms with Gasteiger partial charge in [-0.3, -0.25) is 14.5 Å². The van der Waals surface area contributed by atoms with Crippen LogP contribution in [-0.4, -0.2) is 55.2 Å². The molecule has 0 aromatic carbocycles. The molecular weight excluding hydrogens is 438 g/mol. The van der Waals surface area contributed by atoms with Gasteiger partial charge in [0.2, 0.25) is 11.1 Å². The molecule has 0 aliphatic carbocycles. The number of nitrogens with zero attached hydrogens (tertiary/aromatic N) is 5. The van der Waals surface area contributed by atoms with E-state index in [4.69, 9.17) is 0 Å². The monoisotopic (exact) mass is 465 g/mol. The van der Waals surface area contributed by atoms with Crippen LogP contribution in [0.5, 0.6) is 0 Å². The first-order valence-corrected chi connectivity index (χ1v) is 12.3. The summed E-state index contributed by atoms with van der Waals surface area (Å²) < 4.78 is 28.0. The number of hydrogen-bond acceptors (Lipinski definition) is 8. The Kier molecular flexibility index (Phi) is 5.81. The van der Waals surface area contributed by atoms with E-state index in [1.807, 2.05) is 0 Å². The van der Waals surface area contributed by atoms with Crippen LogP contribution >= 0.6 is 11.8 Å². The van der Waals surface area contributed by atoms with Gasteiger partial charge in [0.25, 0.3) is 0 Å². The van der Waals surface area contributed by atoms with Crippen LogP contribution in [0.25, 0.3) is 0 Å². The summed E-state index contributed by atoms with van der Waals surface area (Å²) in [5.41, 5.74) is -1.58. The topological polar surface area (TPSA) is 115 Å². The highest BCUT2D eigenvalue weighted by atomic mass is 32.3. The number of β-lactam (4-membered cyclic amide) rings is 1. The average Bonchev–Trinajstić information content (AvgIpc) is 3.07. The fourth-order valence-electron chi connectivity index (χ4n) is 4.17. The van der Waals surface area contributed by atoms with Gasteiger partial charge >= 0.3 is 0 Å². The molecule has 168 valence electrons. The van der Waals surface area contributed by atoms with Crippen LogP contribution in [0.4, 0.5) is 0 Å². The summed E-state index contributed by atoms with van der Waals surface area (Å²) in [6.45, 7) is 14.2. The predicted molar refractivity (Wildman–Crippen MR) is 117 cm³/mol. The molecule has 1 fully saturated rings. The lowest BCUT2D eigenvalue weighted by atomic mass is 9.71. The van der Waals surface area contributed by atoms with Crippen molar-refractivity contribution in [2.24, 2.45) is 17.9 Å². The smallest absolute Gasteiger partial charge is 0.238 e. The minimum Gasteiger partial charge on any atom is -0.292 e. The van der Waals surface area contributed by atoms with Crippen molar-refractivity contribution in [3.8, 4) is 0 Å². The second kappa shape index (κ2) is 7.70. The molecule has 1 amide bonds. The van der Waals surface area contributed by atoms with Gasteiger partial charge in [-0.05, 0) is 35.8 Å². The van der Waals surface area contributed by atoms with Gasteiger partial charge in [0.1, 0.15) is 4.58 Å². The molecule has 0 bridgehead atoms. The minimum atomic E-state index is -3.95. The number of aromatic nitrogens is 4. The second-order valence-corrected chi connectivity index (χ2v) is 12.4. The number of fused-ring (bicyclic) bond motifs is 1. The number of carbonyl (C=O) groups excluding carboxylic acids is 2. The quantitative estimate of drug-likeness (QED) is 0.445. The number of hydrogen-bond donors (Lipinski definition) is 0. The Balaban J connectivity index is 2.26. The van der Waals surface area contributed by atoms with Crippen molar-refractivity contribution >= 4 is 33.3 Å². The van der Waals surface area contributed by atoms with Crippen LogP contribution < -0.4 is 0 Å². The SMILES string of the molecule is C=CCC1(CC=C)C(=O)N2C(C(=O)C(C)(C)C)=C(C)C(Sc3nnnn3C)S(=O)(=O)[C@@H]21. The molecule has 3 heterocycles. The van der Waals surface area contributed by atoms with E-state index in [9.17, 15) is 18.0 Å². The molecule has 2 aliphatic heterocycles. The first-order chi connectivity index (χ1) is 14.3. The van der Waals surface area contributed by atoms with Gasteiger partial charge in [0, 0.05) is 12.5 Å². The lowest BCUT2D eigenvalue weighted by Gasteiger charge is -2.58. The Hall–Kier alpha value is -2.27. The number of ketones is 1. The van der Waals surface area contributed by atoms with Crippen LogP contribution in [0.1, 0.15) is 40.5 Å². The van der Waals surface area contributed by atoms with Crippen LogP contribution in [0.3, 0.4) is 0 Å². The molecule has 31 heavy (non-hydrogen) atoms. The van der Waals surface area contributed by atoms with Crippen LogP contribution in [0.15, 0.2) is 41.7 Å². The van der Waals surface area contributed by atoms with Crippen molar-refractivity contribution in [1.82, 2.24) is 25.1 Å². The maximum Gasteiger partial charge on any atom is 0.238 e. The molecule has 0 radical (unpaired) electrons. The molecule has 2 atom stereocenters. The predicted octanol–water partition coefficient (Wildman–Crippen LogP) is 2.25. The Bertz CT molecular complexity index is 1090. The highest BCUT2D eigenvalue weighted by Crippen LogP contribution is 2.56. The fraction of sp³-hybridized carbons (Fsp3) is 0.550. The second-order valence-electron chi connectivity index (χ2n) is 8.90. The number of sulfone groups is 1. The van der Waals surface area contributed by atoms with Gasteiger partial charge < -0.3 is 0 Å². The number of tetrazole rings is 1. The molecular formula is C20H27N5O4S2. The van der Waals surface area contributed by atoms with E-state index in [1.54, 1.807) is 46.9 Å². The molecule has 1 saturated heterocycles. The normalized spacial score (nSPS) is 24.4. The summed E-state index contributed by atoms with van der Waals surface area (Å²) in [7, 11) is -2.34. The number of rotatable bonds is 7. The third-order valence-electron chi connectivity index (χ3n) is 5.64. The maximum atomic E-state index is 13.8. The van der Waals surface area contributed by atoms with E-state index >= 15 is 0 Å². The first-order valence-electron chi connectivity index (χ1n) is 9.77. The fourth-order valence-corrected chi connectivity index (χ4v) is 8.29. The zero-order valence-corrected chi connectivity index (χ0v) is 20.0. The molecule has 11 heteroatoms. The van der Waals surface area contributed by atoms with Gasteiger partial charge in [0.15, 0.2) is 21.0 Å². The summed E-state index contributed by atoms with van der Waals surface area (Å²) >= 11 is 0.962. The lowest BCUT2D eigenvalue weighted by Crippen LogP contribution is -2.74. The van der Waals surface area contributed by atoms with Crippen LogP contribution in [-0.2, 0) is 26.5 Å². The molecule has 9 nitrogen and oxygen atoms in total. The summed E-state index contributed by atoms with van der Waals surface area (Å²) in [5, 5.41) is 10.3. The summed E-state index contributed by atoms with van der Waals surface area (Å²) in [6.07, 6.45) is 3.41. The van der Waals surface area contributed by atoms with E-state index in [0.717, 1.165) is 11.8 Å². The number of Topliss-reactive ketones (excluding diaryl/α,β-unsaturated/α-hetero) is 1. The standard InChI is InChI=1S/C20H27N5O4S2/c1-8-10-20(11-9-2)16(27)25-13(14(26)19(4,5)6)12(3)15(31(28,29)17(20)25)30-18-21-22-23-24(18)7/h8-9,15,17H,1-2,10-11H2,3-7H3/t15?,17-/m1/s1. The highest BCUT2D eigenvalue weighted by Gasteiger charge is 2.70.